The summed E-state index contributed by atoms with van der Waals surface area (Å²) in [5, 5.41) is 6.36. The Bertz CT molecular complexity index is 612. The van der Waals surface area contributed by atoms with Crippen molar-refractivity contribution < 1.29 is 13.6 Å². The number of halogens is 1. The Hall–Kier alpha value is -2.14. The van der Waals surface area contributed by atoms with Crippen molar-refractivity contribution in [2.45, 2.75) is 31.5 Å². The van der Waals surface area contributed by atoms with Gasteiger partial charge in [0.05, 0.1) is 18.6 Å². The zero-order valence-electron chi connectivity index (χ0n) is 11.5. The first-order valence-corrected chi connectivity index (χ1v) is 7.01. The smallest absolute Gasteiger partial charge is 0.220 e. The van der Waals surface area contributed by atoms with Gasteiger partial charge in [0.25, 0.3) is 0 Å². The largest absolute Gasteiger partial charge is 0.472 e. The van der Waals surface area contributed by atoms with E-state index in [1.165, 1.54) is 12.1 Å². The number of hydrogen-bond acceptors (Lipinski definition) is 3. The van der Waals surface area contributed by atoms with Crippen LogP contribution in [-0.2, 0) is 11.3 Å². The molecule has 0 aliphatic carbocycles. The lowest BCUT2D eigenvalue weighted by Crippen LogP contribution is -2.48. The van der Waals surface area contributed by atoms with Crippen LogP contribution in [0.15, 0.2) is 47.3 Å². The van der Waals surface area contributed by atoms with E-state index in [1.54, 1.807) is 18.6 Å². The van der Waals surface area contributed by atoms with Gasteiger partial charge in [-0.3, -0.25) is 4.79 Å². The summed E-state index contributed by atoms with van der Waals surface area (Å²) in [5.74, 6) is -0.286. The van der Waals surface area contributed by atoms with E-state index in [9.17, 15) is 9.18 Å². The zero-order chi connectivity index (χ0) is 14.7. The van der Waals surface area contributed by atoms with E-state index in [1.807, 2.05) is 12.1 Å². The Morgan fingerprint density at radius 1 is 1.38 bits per heavy atom. The van der Waals surface area contributed by atoms with Crippen molar-refractivity contribution in [2.24, 2.45) is 0 Å². The van der Waals surface area contributed by atoms with Crippen LogP contribution in [0.3, 0.4) is 0 Å². The van der Waals surface area contributed by atoms with Crippen LogP contribution in [0.2, 0.25) is 0 Å². The van der Waals surface area contributed by atoms with E-state index in [4.69, 9.17) is 4.42 Å². The van der Waals surface area contributed by atoms with Crippen molar-refractivity contribution in [1.82, 2.24) is 10.6 Å². The maximum absolute atomic E-state index is 13.4. The molecule has 0 radical (unpaired) electrons. The molecule has 2 heterocycles. The van der Waals surface area contributed by atoms with Gasteiger partial charge >= 0.3 is 0 Å². The summed E-state index contributed by atoms with van der Waals surface area (Å²) in [6.45, 7) is 0.656. The average Bonchev–Trinajstić information content (AvgIpc) is 2.99. The van der Waals surface area contributed by atoms with Gasteiger partial charge in [-0.25, -0.2) is 4.39 Å². The van der Waals surface area contributed by atoms with Crippen LogP contribution in [0, 0.1) is 5.82 Å². The van der Waals surface area contributed by atoms with Gasteiger partial charge < -0.3 is 15.1 Å². The third-order valence-electron chi connectivity index (χ3n) is 3.76. The predicted molar refractivity (Wildman–Crippen MR) is 75.9 cm³/mol. The molecule has 3 rings (SSSR count). The molecule has 4 nitrogen and oxygen atoms in total. The van der Waals surface area contributed by atoms with Gasteiger partial charge in [-0.2, -0.15) is 0 Å². The predicted octanol–water partition coefficient (Wildman–Crippen LogP) is 2.53. The number of carbonyl (C=O) groups excluding carboxylic acids is 1. The number of amides is 1. The lowest BCUT2D eigenvalue weighted by Gasteiger charge is -2.33. The van der Waals surface area contributed by atoms with Gasteiger partial charge in [-0.15, -0.1) is 0 Å². The highest BCUT2D eigenvalue weighted by Crippen LogP contribution is 2.25. The molecular formula is C16H17FN2O2. The number of benzene rings is 1. The van der Waals surface area contributed by atoms with Crippen LogP contribution in [0.1, 0.15) is 30.0 Å². The summed E-state index contributed by atoms with van der Waals surface area (Å²) in [7, 11) is 0. The Morgan fingerprint density at radius 2 is 2.29 bits per heavy atom. The molecular weight excluding hydrogens is 271 g/mol. The highest BCUT2D eigenvalue weighted by molar-refractivity contribution is 5.77. The molecule has 0 unspecified atom stereocenters. The van der Waals surface area contributed by atoms with E-state index in [0.29, 0.717) is 13.0 Å². The normalized spacial score (nSPS) is 22.0. The van der Waals surface area contributed by atoms with Gasteiger partial charge in [0.1, 0.15) is 5.82 Å². The molecule has 0 bridgehead atoms. The van der Waals surface area contributed by atoms with Gasteiger partial charge in [0.15, 0.2) is 0 Å². The summed E-state index contributed by atoms with van der Waals surface area (Å²) in [6, 6.07) is 8.13. The first-order chi connectivity index (χ1) is 10.2. The molecule has 110 valence electrons. The molecule has 0 spiro atoms. The first-order valence-electron chi connectivity index (χ1n) is 7.01. The summed E-state index contributed by atoms with van der Waals surface area (Å²) >= 11 is 0. The van der Waals surface area contributed by atoms with Crippen molar-refractivity contribution in [3.05, 3.63) is 59.8 Å². The number of furan rings is 1. The number of carbonyl (C=O) groups is 1. The topological polar surface area (TPSA) is 54.3 Å². The molecule has 1 aliphatic heterocycles. The Kier molecular flexibility index (Phi) is 4.01. The molecule has 1 amide bonds. The number of hydrogen-bond donors (Lipinski definition) is 2. The fourth-order valence-corrected chi connectivity index (χ4v) is 2.68. The summed E-state index contributed by atoms with van der Waals surface area (Å²) in [5.41, 5.74) is 1.83. The fraction of sp³-hybridized carbons (Fsp3) is 0.312. The minimum atomic E-state index is -0.291. The second-order valence-electron chi connectivity index (χ2n) is 5.26. The molecule has 2 N–H and O–H groups in total. The quantitative estimate of drug-likeness (QED) is 0.909. The van der Waals surface area contributed by atoms with Crippen LogP contribution in [-0.4, -0.2) is 11.9 Å². The van der Waals surface area contributed by atoms with Crippen LogP contribution in [0.4, 0.5) is 4.39 Å². The Balaban J connectivity index is 1.74. The van der Waals surface area contributed by atoms with Gasteiger partial charge in [0, 0.05) is 24.6 Å². The molecule has 1 aromatic heterocycles. The molecule has 5 heteroatoms. The third kappa shape index (κ3) is 3.31. The first kappa shape index (κ1) is 13.8. The lowest BCUT2D eigenvalue weighted by molar-refractivity contribution is -0.123. The lowest BCUT2D eigenvalue weighted by atomic mass is 9.91. The maximum atomic E-state index is 13.4. The molecule has 0 saturated carbocycles. The minimum Gasteiger partial charge on any atom is -0.472 e. The van der Waals surface area contributed by atoms with E-state index in [0.717, 1.165) is 17.5 Å². The van der Waals surface area contributed by atoms with Crippen molar-refractivity contribution in [3.8, 4) is 0 Å². The molecule has 2 atom stereocenters. The summed E-state index contributed by atoms with van der Waals surface area (Å²) < 4.78 is 18.4. The molecule has 1 fully saturated rings. The van der Waals surface area contributed by atoms with Crippen LogP contribution < -0.4 is 10.6 Å². The minimum absolute atomic E-state index is 0.00521. The monoisotopic (exact) mass is 288 g/mol. The molecule has 2 aromatic rings. The van der Waals surface area contributed by atoms with Crippen LogP contribution in [0.25, 0.3) is 0 Å². The standard InChI is InChI=1S/C16H17FN2O2/c17-13-3-1-2-12(8-13)16-14(4-5-15(20)19-16)18-9-11-6-7-21-10-11/h1-3,6-8,10,14,16,18H,4-5,9H2,(H,19,20)/t14-,16+/m1/s1. The van der Waals surface area contributed by atoms with Crippen LogP contribution >= 0.6 is 0 Å². The SMILES string of the molecule is O=C1CC[C@@H](NCc2ccoc2)[C@H](c2cccc(F)c2)N1. The van der Waals surface area contributed by atoms with Crippen molar-refractivity contribution >= 4 is 5.91 Å². The molecule has 1 saturated heterocycles. The molecule has 21 heavy (non-hydrogen) atoms. The highest BCUT2D eigenvalue weighted by atomic mass is 19.1. The average molecular weight is 288 g/mol. The van der Waals surface area contributed by atoms with Gasteiger partial charge in [0.2, 0.25) is 5.91 Å². The van der Waals surface area contributed by atoms with Gasteiger partial charge in [-0.05, 0) is 30.2 Å². The van der Waals surface area contributed by atoms with E-state index in [2.05, 4.69) is 10.6 Å². The summed E-state index contributed by atoms with van der Waals surface area (Å²) in [6.07, 6.45) is 4.52. The van der Waals surface area contributed by atoms with E-state index < -0.39 is 0 Å². The van der Waals surface area contributed by atoms with Crippen LogP contribution in [0.5, 0.6) is 0 Å². The Labute approximate surface area is 122 Å². The van der Waals surface area contributed by atoms with Crippen molar-refractivity contribution in [3.63, 3.8) is 0 Å². The molecule has 1 aliphatic rings. The summed E-state index contributed by atoms with van der Waals surface area (Å²) in [4.78, 5) is 11.7. The van der Waals surface area contributed by atoms with Gasteiger partial charge in [-0.1, -0.05) is 12.1 Å². The second-order valence-corrected chi connectivity index (χ2v) is 5.26. The van der Waals surface area contributed by atoms with E-state index >= 15 is 0 Å². The Morgan fingerprint density at radius 3 is 3.05 bits per heavy atom. The van der Waals surface area contributed by atoms with Crippen molar-refractivity contribution in [2.75, 3.05) is 0 Å². The highest BCUT2D eigenvalue weighted by Gasteiger charge is 2.29. The van der Waals surface area contributed by atoms with E-state index in [-0.39, 0.29) is 23.8 Å². The number of nitrogens with one attached hydrogen (secondary N) is 2. The number of rotatable bonds is 4. The second kappa shape index (κ2) is 6.10. The molecule has 1 aromatic carbocycles. The number of piperidine rings is 1. The maximum Gasteiger partial charge on any atom is 0.220 e. The zero-order valence-corrected chi connectivity index (χ0v) is 11.5. The fourth-order valence-electron chi connectivity index (χ4n) is 2.68. The van der Waals surface area contributed by atoms with Crippen molar-refractivity contribution in [1.29, 1.82) is 0 Å². The third-order valence-corrected chi connectivity index (χ3v) is 3.76.